The molecule has 0 radical (unpaired) electrons. The number of ketones is 2. The molecule has 0 saturated carbocycles. The van der Waals surface area contributed by atoms with Crippen molar-refractivity contribution in [3.63, 3.8) is 0 Å². The predicted octanol–water partition coefficient (Wildman–Crippen LogP) is 4.33. The molecule has 7 rings (SSSR count). The van der Waals surface area contributed by atoms with Crippen molar-refractivity contribution in [1.82, 2.24) is 5.43 Å². The third kappa shape index (κ3) is 6.63. The summed E-state index contributed by atoms with van der Waals surface area (Å²) in [6.07, 6.45) is -4.60. The highest BCUT2D eigenvalue weighted by molar-refractivity contribution is 6.31. The lowest BCUT2D eigenvalue weighted by atomic mass is 9.71. The van der Waals surface area contributed by atoms with E-state index in [2.05, 4.69) is 10.5 Å². The first-order valence-electron chi connectivity index (χ1n) is 17.2. The lowest BCUT2D eigenvalue weighted by Gasteiger charge is -2.42. The maximum Gasteiger partial charge on any atom is 0.271 e. The van der Waals surface area contributed by atoms with Gasteiger partial charge in [0.2, 0.25) is 5.78 Å². The first kappa shape index (κ1) is 38.6. The highest BCUT2D eigenvalue weighted by Gasteiger charge is 2.49. The number of nitrogens with zero attached hydrogens (tertiary/aromatic N) is 1. The number of benzene rings is 4. The SMILES string of the molecule is COc1cccc2c1C(=O)c1c(O)c3c(c(O)c1C2=O)CC(O)(C(C)=NNC(=O)c1ccc(-c2ccccc2)cc1)CC3OC1CC(N)C(O)C(C)O1.Cl. The van der Waals surface area contributed by atoms with Gasteiger partial charge >= 0.3 is 0 Å². The van der Waals surface area contributed by atoms with Crippen molar-refractivity contribution in [3.05, 3.63) is 112 Å². The molecule has 7 N–H and O–H groups in total. The zero-order valence-corrected chi connectivity index (χ0v) is 30.4. The molecule has 1 heterocycles. The molecule has 1 amide bonds. The number of aliphatic hydroxyl groups excluding tert-OH is 1. The van der Waals surface area contributed by atoms with Crippen LogP contribution < -0.4 is 15.9 Å². The van der Waals surface area contributed by atoms with Gasteiger partial charge in [-0.05, 0) is 43.2 Å². The molecular weight excluding hydrogens is 718 g/mol. The van der Waals surface area contributed by atoms with Crippen LogP contribution in [0.3, 0.4) is 0 Å². The average Bonchev–Trinajstić information content (AvgIpc) is 3.16. The summed E-state index contributed by atoms with van der Waals surface area (Å²) in [7, 11) is 1.35. The van der Waals surface area contributed by atoms with Crippen LogP contribution in [0, 0.1) is 0 Å². The number of phenolic OH excluding ortho intramolecular Hbond substituents is 2. The summed E-state index contributed by atoms with van der Waals surface area (Å²) in [6.45, 7) is 3.10. The number of methoxy groups -OCH3 is 1. The van der Waals surface area contributed by atoms with Gasteiger partial charge in [0.25, 0.3) is 5.91 Å². The second-order valence-corrected chi connectivity index (χ2v) is 13.7. The van der Waals surface area contributed by atoms with Gasteiger partial charge in [0, 0.05) is 47.6 Å². The molecule has 54 heavy (non-hydrogen) atoms. The highest BCUT2D eigenvalue weighted by Crippen LogP contribution is 2.52. The zero-order valence-electron chi connectivity index (χ0n) is 29.6. The first-order chi connectivity index (χ1) is 25.3. The quantitative estimate of drug-likeness (QED) is 0.0782. The average molecular weight is 758 g/mol. The Kier molecular flexibility index (Phi) is 10.7. The summed E-state index contributed by atoms with van der Waals surface area (Å²) in [5.41, 5.74) is 7.96. The Labute approximate surface area is 316 Å². The number of halogens is 1. The van der Waals surface area contributed by atoms with Crippen molar-refractivity contribution in [3.8, 4) is 28.4 Å². The maximum absolute atomic E-state index is 14.0. The number of aliphatic hydroxyl groups is 2. The predicted molar refractivity (Wildman–Crippen MR) is 199 cm³/mol. The number of carbonyl (C=O) groups is 3. The summed E-state index contributed by atoms with van der Waals surface area (Å²) in [4.78, 5) is 41.0. The number of nitrogens with two attached hydrogens (primary N) is 1. The van der Waals surface area contributed by atoms with Gasteiger partial charge in [0.15, 0.2) is 12.1 Å². The van der Waals surface area contributed by atoms with Crippen LogP contribution in [0.15, 0.2) is 77.9 Å². The van der Waals surface area contributed by atoms with E-state index in [-0.39, 0.29) is 65.4 Å². The summed E-state index contributed by atoms with van der Waals surface area (Å²) in [6, 6.07) is 20.3. The number of fused-ring (bicyclic) bond motifs is 3. The first-order valence-corrected chi connectivity index (χ1v) is 17.2. The van der Waals surface area contributed by atoms with Crippen LogP contribution >= 0.6 is 12.4 Å². The fourth-order valence-electron chi connectivity index (χ4n) is 7.41. The molecule has 6 atom stereocenters. The Morgan fingerprint density at radius 2 is 1.61 bits per heavy atom. The summed E-state index contributed by atoms with van der Waals surface area (Å²) >= 11 is 0. The van der Waals surface area contributed by atoms with Crippen LogP contribution in [-0.2, 0) is 15.9 Å². The number of hydrazone groups is 1. The van der Waals surface area contributed by atoms with Crippen molar-refractivity contribution >= 4 is 35.6 Å². The van der Waals surface area contributed by atoms with E-state index in [0.29, 0.717) is 5.56 Å². The number of nitrogens with one attached hydrogen (secondary N) is 1. The monoisotopic (exact) mass is 757 g/mol. The van der Waals surface area contributed by atoms with Gasteiger partial charge < -0.3 is 40.4 Å². The molecular formula is C40H40ClN3O10. The molecule has 1 saturated heterocycles. The van der Waals surface area contributed by atoms with E-state index in [4.69, 9.17) is 19.9 Å². The van der Waals surface area contributed by atoms with Gasteiger partial charge in [-0.15, -0.1) is 12.4 Å². The Morgan fingerprint density at radius 3 is 2.28 bits per heavy atom. The number of hydrogen-bond acceptors (Lipinski definition) is 12. The fourth-order valence-corrected chi connectivity index (χ4v) is 7.41. The van der Waals surface area contributed by atoms with Gasteiger partial charge in [0.05, 0.1) is 47.8 Å². The second-order valence-electron chi connectivity index (χ2n) is 13.7. The van der Waals surface area contributed by atoms with Crippen LogP contribution in [0.5, 0.6) is 17.2 Å². The lowest BCUT2D eigenvalue weighted by Crippen LogP contribution is -2.52. The van der Waals surface area contributed by atoms with E-state index in [1.807, 2.05) is 42.5 Å². The summed E-state index contributed by atoms with van der Waals surface area (Å²) < 4.78 is 17.6. The highest BCUT2D eigenvalue weighted by atomic mass is 35.5. The van der Waals surface area contributed by atoms with Gasteiger partial charge in [-0.2, -0.15) is 5.10 Å². The molecule has 2 aliphatic carbocycles. The molecule has 14 heteroatoms. The molecule has 6 unspecified atom stereocenters. The number of phenols is 2. The third-order valence-electron chi connectivity index (χ3n) is 10.4. The van der Waals surface area contributed by atoms with E-state index in [1.165, 1.54) is 32.2 Å². The number of carbonyl (C=O) groups excluding carboxylic acids is 3. The van der Waals surface area contributed by atoms with Crippen LogP contribution in [0.2, 0.25) is 0 Å². The van der Waals surface area contributed by atoms with Crippen LogP contribution in [0.25, 0.3) is 11.1 Å². The van der Waals surface area contributed by atoms with Crippen molar-refractivity contribution < 1.29 is 49.0 Å². The largest absolute Gasteiger partial charge is 0.507 e. The van der Waals surface area contributed by atoms with Crippen molar-refractivity contribution in [1.29, 1.82) is 0 Å². The molecule has 4 aromatic rings. The van der Waals surface area contributed by atoms with Gasteiger partial charge in [0.1, 0.15) is 22.8 Å². The van der Waals surface area contributed by atoms with Gasteiger partial charge in [-0.25, -0.2) is 5.43 Å². The molecule has 4 aromatic carbocycles. The summed E-state index contributed by atoms with van der Waals surface area (Å²) in [5.74, 6) is -3.12. The van der Waals surface area contributed by atoms with Crippen LogP contribution in [0.4, 0.5) is 0 Å². The standard InChI is InChI=1S/C40H39N3O10.ClH/c1-19-34(44)26(41)16-29(52-19)53-28-18-40(50,20(2)42-43-39(49)23-14-12-22(13-15-23)21-8-5-4-6-9-21)17-25-31(28)38(48)33-32(36(25)46)35(45)24-10-7-11-27(51-3)30(24)37(33)47;/h4-15,19,26,28-29,34,44,46,48,50H,16-18,41H2,1-3H3,(H,43,49);1H. The Bertz CT molecular complexity index is 2150. The number of hydrogen-bond donors (Lipinski definition) is 6. The molecule has 1 fully saturated rings. The minimum Gasteiger partial charge on any atom is -0.507 e. The smallest absolute Gasteiger partial charge is 0.271 e. The lowest BCUT2D eigenvalue weighted by molar-refractivity contribution is -0.245. The van der Waals surface area contributed by atoms with Crippen molar-refractivity contribution in [2.45, 2.75) is 69.4 Å². The molecule has 3 aliphatic rings. The minimum absolute atomic E-state index is 0. The van der Waals surface area contributed by atoms with Crippen LogP contribution in [-0.4, -0.2) is 80.9 Å². The normalized spacial score (nSPS) is 24.8. The Morgan fingerprint density at radius 1 is 0.944 bits per heavy atom. The van der Waals surface area contributed by atoms with Gasteiger partial charge in [-0.1, -0.05) is 54.6 Å². The van der Waals surface area contributed by atoms with E-state index in [9.17, 15) is 34.8 Å². The molecule has 0 bridgehead atoms. The minimum atomic E-state index is -1.91. The second kappa shape index (κ2) is 14.9. The van der Waals surface area contributed by atoms with Crippen LogP contribution in [0.1, 0.15) is 86.1 Å². The fraction of sp³-hybridized carbons (Fsp3) is 0.300. The van der Waals surface area contributed by atoms with Crippen molar-refractivity contribution in [2.24, 2.45) is 10.8 Å². The molecule has 13 nitrogen and oxygen atoms in total. The number of ether oxygens (including phenoxy) is 3. The number of amides is 1. The molecule has 1 aliphatic heterocycles. The molecule has 282 valence electrons. The number of aromatic hydroxyl groups is 2. The van der Waals surface area contributed by atoms with Gasteiger partial charge in [-0.3, -0.25) is 14.4 Å². The van der Waals surface area contributed by atoms with E-state index >= 15 is 0 Å². The van der Waals surface area contributed by atoms with E-state index < -0.39 is 76.3 Å². The Hall–Kier alpha value is -5.15. The Balaban J connectivity index is 0.00000497. The summed E-state index contributed by atoms with van der Waals surface area (Å²) in [5, 5.41) is 50.5. The van der Waals surface area contributed by atoms with E-state index in [0.717, 1.165) is 11.1 Å². The zero-order chi connectivity index (χ0) is 37.8. The molecule has 0 spiro atoms. The maximum atomic E-state index is 14.0. The molecule has 0 aromatic heterocycles. The van der Waals surface area contributed by atoms with Crippen molar-refractivity contribution in [2.75, 3.05) is 7.11 Å². The van der Waals surface area contributed by atoms with E-state index in [1.54, 1.807) is 19.1 Å². The third-order valence-corrected chi connectivity index (χ3v) is 10.4. The number of rotatable bonds is 7. The topological polar surface area (TPSA) is 210 Å².